The summed E-state index contributed by atoms with van der Waals surface area (Å²) in [5.41, 5.74) is 5.98. The van der Waals surface area contributed by atoms with Gasteiger partial charge >= 0.3 is 11.9 Å². The molecule has 7 rings (SSSR count). The van der Waals surface area contributed by atoms with Crippen LogP contribution in [0.5, 0.6) is 0 Å². The standard InChI is InChI=1S/C60H80N2O4S5/c1-9-15-19-21-23-25-29-43-45-35-40(8)68-57(45)44(30-26-24-22-20-16-10-2)46-36-50(70-58(43)46)47-33-34-49(69-47)52-54(60(64)66-38-42(14-6)28-18-12-4)53(59(63)65-37-41(13-5)27-17-11-3)51(48-32-31-39(7)67-48)55-56(52)62-71-61-55/h31-36,41-42H,9-30,37-38H2,1-8H3. The third-order valence-electron chi connectivity index (χ3n) is 14.5. The van der Waals surface area contributed by atoms with Crippen LogP contribution in [0.15, 0.2) is 36.4 Å². The molecule has 5 aromatic heterocycles. The summed E-state index contributed by atoms with van der Waals surface area (Å²) in [6.45, 7) is 18.2. The minimum absolute atomic E-state index is 0.225. The summed E-state index contributed by atoms with van der Waals surface area (Å²) in [7, 11) is 0. The summed E-state index contributed by atoms with van der Waals surface area (Å²) >= 11 is 8.30. The third kappa shape index (κ3) is 13.6. The second-order valence-electron chi connectivity index (χ2n) is 20.0. The Morgan fingerprint density at radius 3 is 1.46 bits per heavy atom. The van der Waals surface area contributed by atoms with Gasteiger partial charge in [0, 0.05) is 49.8 Å². The van der Waals surface area contributed by atoms with Gasteiger partial charge in [-0.05, 0) is 123 Å². The van der Waals surface area contributed by atoms with Crippen LogP contribution in [-0.4, -0.2) is 33.9 Å². The Labute approximate surface area is 445 Å². The van der Waals surface area contributed by atoms with E-state index in [1.165, 1.54) is 118 Å². The van der Waals surface area contributed by atoms with Crippen molar-refractivity contribution in [3.8, 4) is 30.6 Å². The van der Waals surface area contributed by atoms with Gasteiger partial charge in [0.1, 0.15) is 11.0 Å². The molecule has 5 heterocycles. The van der Waals surface area contributed by atoms with Crippen molar-refractivity contribution in [2.45, 2.75) is 197 Å². The van der Waals surface area contributed by atoms with Crippen molar-refractivity contribution in [3.05, 3.63) is 68.4 Å². The summed E-state index contributed by atoms with van der Waals surface area (Å²) in [5.74, 6) is -0.555. The second-order valence-corrected chi connectivity index (χ2v) is 25.2. The number of nitrogens with zero attached hydrogens (tertiary/aromatic N) is 2. The number of aromatic nitrogens is 2. The third-order valence-corrected chi connectivity index (χ3v) is 19.7. The normalized spacial score (nSPS) is 12.7. The van der Waals surface area contributed by atoms with Gasteiger partial charge in [-0.3, -0.25) is 0 Å². The lowest BCUT2D eigenvalue weighted by Crippen LogP contribution is -2.21. The van der Waals surface area contributed by atoms with Gasteiger partial charge < -0.3 is 9.47 Å². The fourth-order valence-electron chi connectivity index (χ4n) is 10.2. The number of fused-ring (bicyclic) bond motifs is 3. The SMILES string of the molecule is CCCCCCCCc1c2cc(-c3ccc(-c4c(C(=O)OCC(CC)CCCC)c(C(=O)OCC(CC)CCCC)c(-c5ccc(C)s5)c5nsnc45)s3)sc2c(CCCCCCCC)c2cc(C)sc12. The van der Waals surface area contributed by atoms with E-state index >= 15 is 9.59 Å². The molecule has 0 saturated carbocycles. The van der Waals surface area contributed by atoms with Gasteiger partial charge in [0.05, 0.1) is 36.1 Å². The predicted molar refractivity (Wildman–Crippen MR) is 311 cm³/mol. The average Bonchev–Trinajstić information content (AvgIpc) is 4.25. The molecule has 0 fully saturated rings. The summed E-state index contributed by atoms with van der Waals surface area (Å²) < 4.78 is 25.5. The van der Waals surface area contributed by atoms with E-state index in [1.807, 2.05) is 28.7 Å². The molecule has 0 spiro atoms. The summed E-state index contributed by atoms with van der Waals surface area (Å²) in [6.07, 6.45) is 25.6. The Balaban J connectivity index is 1.38. The monoisotopic (exact) mass is 1050 g/mol. The Hall–Kier alpha value is -3.48. The van der Waals surface area contributed by atoms with Gasteiger partial charge in [-0.25, -0.2) is 9.59 Å². The molecular formula is C60H80N2O4S5. The number of aryl methyl sites for hydroxylation is 4. The number of hydrogen-bond donors (Lipinski definition) is 0. The summed E-state index contributed by atoms with van der Waals surface area (Å²) in [4.78, 5) is 36.8. The van der Waals surface area contributed by atoms with Gasteiger partial charge in [0.2, 0.25) is 0 Å². The first-order valence-electron chi connectivity index (χ1n) is 27.5. The van der Waals surface area contributed by atoms with E-state index in [-0.39, 0.29) is 29.6 Å². The Kier molecular flexibility index (Phi) is 21.6. The van der Waals surface area contributed by atoms with Gasteiger partial charge in [-0.15, -0.1) is 45.3 Å². The highest BCUT2D eigenvalue weighted by Crippen LogP contribution is 2.50. The van der Waals surface area contributed by atoms with Crippen LogP contribution in [0.3, 0.4) is 0 Å². The molecular weight excluding hydrogens is 973 g/mol. The zero-order valence-electron chi connectivity index (χ0n) is 44.2. The maximum atomic E-state index is 15.2. The highest BCUT2D eigenvalue weighted by molar-refractivity contribution is 7.27. The van der Waals surface area contributed by atoms with Crippen molar-refractivity contribution >= 4 is 100 Å². The predicted octanol–water partition coefficient (Wildman–Crippen LogP) is 20.4. The van der Waals surface area contributed by atoms with Gasteiger partial charge in [-0.2, -0.15) is 8.75 Å². The zero-order chi connectivity index (χ0) is 50.3. The Morgan fingerprint density at radius 1 is 0.493 bits per heavy atom. The maximum Gasteiger partial charge on any atom is 0.339 e. The van der Waals surface area contributed by atoms with Crippen LogP contribution in [-0.2, 0) is 22.3 Å². The van der Waals surface area contributed by atoms with E-state index in [4.69, 9.17) is 18.2 Å². The lowest BCUT2D eigenvalue weighted by Gasteiger charge is -2.20. The van der Waals surface area contributed by atoms with Crippen molar-refractivity contribution in [3.63, 3.8) is 0 Å². The van der Waals surface area contributed by atoms with Crippen molar-refractivity contribution in [2.24, 2.45) is 11.8 Å². The summed E-state index contributed by atoms with van der Waals surface area (Å²) in [5, 5.41) is 2.88. The van der Waals surface area contributed by atoms with Crippen LogP contribution >= 0.6 is 57.1 Å². The molecule has 0 bridgehead atoms. The van der Waals surface area contributed by atoms with E-state index in [9.17, 15) is 0 Å². The van der Waals surface area contributed by atoms with Gasteiger partial charge in [-0.1, -0.05) is 144 Å². The first-order valence-corrected chi connectivity index (χ1v) is 31.5. The molecule has 0 N–H and O–H groups in total. The quantitative estimate of drug-likeness (QED) is 0.0318. The molecule has 2 unspecified atom stereocenters. The van der Waals surface area contributed by atoms with Gasteiger partial charge in [0.25, 0.3) is 0 Å². The van der Waals surface area contributed by atoms with E-state index < -0.39 is 11.9 Å². The number of benzene rings is 2. The molecule has 0 saturated heterocycles. The fraction of sp³-hybridized carbons (Fsp3) is 0.567. The fourth-order valence-corrected chi connectivity index (χ4v) is 15.2. The first kappa shape index (κ1) is 55.3. The molecule has 0 amide bonds. The molecule has 0 radical (unpaired) electrons. The molecule has 7 aromatic rings. The lowest BCUT2D eigenvalue weighted by atomic mass is 9.91. The van der Waals surface area contributed by atoms with Crippen LogP contribution in [0.25, 0.3) is 61.8 Å². The van der Waals surface area contributed by atoms with Crippen molar-refractivity contribution in [1.82, 2.24) is 8.75 Å². The smallest absolute Gasteiger partial charge is 0.339 e. The molecule has 384 valence electrons. The van der Waals surface area contributed by atoms with Crippen LogP contribution in [0.1, 0.15) is 212 Å². The Bertz CT molecular complexity index is 2730. The molecule has 2 atom stereocenters. The molecule has 71 heavy (non-hydrogen) atoms. The zero-order valence-corrected chi connectivity index (χ0v) is 48.2. The van der Waals surface area contributed by atoms with E-state index in [1.54, 1.807) is 22.7 Å². The number of hydrogen-bond acceptors (Lipinski definition) is 11. The number of thiophene rings is 4. The Morgan fingerprint density at radius 2 is 0.958 bits per heavy atom. The molecule has 11 heteroatoms. The topological polar surface area (TPSA) is 78.4 Å². The van der Waals surface area contributed by atoms with Crippen molar-refractivity contribution in [2.75, 3.05) is 13.2 Å². The largest absolute Gasteiger partial charge is 0.462 e. The minimum Gasteiger partial charge on any atom is -0.462 e. The average molecular weight is 1050 g/mol. The van der Waals surface area contributed by atoms with Crippen LogP contribution in [0.4, 0.5) is 0 Å². The highest BCUT2D eigenvalue weighted by atomic mass is 32.1. The van der Waals surface area contributed by atoms with Crippen molar-refractivity contribution < 1.29 is 19.1 Å². The lowest BCUT2D eigenvalue weighted by molar-refractivity contribution is 0.0383. The number of carbonyl (C=O) groups excluding carboxylic acids is 2. The summed E-state index contributed by atoms with van der Waals surface area (Å²) in [6, 6.07) is 13.4. The number of unbranched alkanes of at least 4 members (excludes halogenated alkanes) is 12. The second kappa shape index (κ2) is 27.7. The molecule has 2 aromatic carbocycles. The number of carbonyl (C=O) groups is 2. The number of rotatable bonds is 31. The van der Waals surface area contributed by atoms with Crippen LogP contribution in [0, 0.1) is 25.7 Å². The highest BCUT2D eigenvalue weighted by Gasteiger charge is 2.35. The molecule has 0 aliphatic heterocycles. The maximum absolute atomic E-state index is 15.2. The van der Waals surface area contributed by atoms with Crippen LogP contribution in [0.2, 0.25) is 0 Å². The van der Waals surface area contributed by atoms with E-state index in [2.05, 4.69) is 85.7 Å². The van der Waals surface area contributed by atoms with E-state index in [0.29, 0.717) is 28.8 Å². The van der Waals surface area contributed by atoms with Crippen molar-refractivity contribution in [1.29, 1.82) is 0 Å². The molecule has 0 aliphatic rings. The van der Waals surface area contributed by atoms with Crippen LogP contribution < -0.4 is 0 Å². The number of esters is 2. The van der Waals surface area contributed by atoms with Gasteiger partial charge in [0.15, 0.2) is 0 Å². The number of ether oxygens (including phenoxy) is 2. The first-order chi connectivity index (χ1) is 34.6. The molecule has 0 aliphatic carbocycles. The molecule has 6 nitrogen and oxygen atoms in total. The van der Waals surface area contributed by atoms with E-state index in [0.717, 1.165) is 95.4 Å². The minimum atomic E-state index is -0.505.